The highest BCUT2D eigenvalue weighted by molar-refractivity contribution is 7.15. The fourth-order valence-electron chi connectivity index (χ4n) is 2.51. The number of anilines is 1. The molecule has 0 aliphatic rings. The first-order chi connectivity index (χ1) is 13.2. The maximum absolute atomic E-state index is 12.5. The Hall–Kier alpha value is -3.12. The van der Waals surface area contributed by atoms with Gasteiger partial charge in [0.05, 0.1) is 6.61 Å². The third kappa shape index (κ3) is 4.74. The summed E-state index contributed by atoms with van der Waals surface area (Å²) in [6, 6.07) is 18.6. The van der Waals surface area contributed by atoms with Gasteiger partial charge in [-0.05, 0) is 24.6 Å². The van der Waals surface area contributed by atoms with Gasteiger partial charge in [-0.25, -0.2) is 4.79 Å². The maximum atomic E-state index is 12.5. The first-order valence-corrected chi connectivity index (χ1v) is 9.38. The van der Waals surface area contributed by atoms with E-state index in [9.17, 15) is 9.59 Å². The highest BCUT2D eigenvalue weighted by Crippen LogP contribution is 2.36. The number of para-hydroxylation sites is 1. The minimum Gasteiger partial charge on any atom is -0.484 e. The van der Waals surface area contributed by atoms with Gasteiger partial charge in [-0.2, -0.15) is 0 Å². The Labute approximate surface area is 161 Å². The number of esters is 1. The fraction of sp³-hybridized carbons (Fsp3) is 0.143. The summed E-state index contributed by atoms with van der Waals surface area (Å²) >= 11 is 1.29. The van der Waals surface area contributed by atoms with E-state index < -0.39 is 5.97 Å². The van der Waals surface area contributed by atoms with Crippen LogP contribution >= 0.6 is 11.3 Å². The average molecular weight is 381 g/mol. The number of rotatable bonds is 7. The van der Waals surface area contributed by atoms with Gasteiger partial charge in [0.1, 0.15) is 16.3 Å². The summed E-state index contributed by atoms with van der Waals surface area (Å²) in [5.74, 6) is -0.197. The Kier molecular flexibility index (Phi) is 6.22. The number of ether oxygens (including phenoxy) is 2. The largest absolute Gasteiger partial charge is 0.484 e. The van der Waals surface area contributed by atoms with Gasteiger partial charge in [0.15, 0.2) is 6.61 Å². The molecule has 0 aliphatic carbocycles. The van der Waals surface area contributed by atoms with Crippen molar-refractivity contribution in [3.63, 3.8) is 0 Å². The molecule has 1 heterocycles. The zero-order valence-corrected chi connectivity index (χ0v) is 15.6. The standard InChI is InChI=1S/C21H19NO4S/c1-2-25-21(24)19-17(15-9-5-3-6-10-15)14-27-20(19)22-18(23)13-26-16-11-7-4-8-12-16/h3-12,14H,2,13H2,1H3,(H,22,23). The quantitative estimate of drug-likeness (QED) is 0.607. The Bertz CT molecular complexity index is 906. The van der Waals surface area contributed by atoms with Crippen LogP contribution in [0.4, 0.5) is 5.00 Å². The molecule has 0 saturated heterocycles. The lowest BCUT2D eigenvalue weighted by Crippen LogP contribution is -2.21. The second-order valence-electron chi connectivity index (χ2n) is 5.59. The summed E-state index contributed by atoms with van der Waals surface area (Å²) in [6.45, 7) is 1.86. The van der Waals surface area contributed by atoms with E-state index in [0.717, 1.165) is 11.1 Å². The van der Waals surface area contributed by atoms with Gasteiger partial charge < -0.3 is 14.8 Å². The van der Waals surface area contributed by atoms with Crippen molar-refractivity contribution in [3.8, 4) is 16.9 Å². The second-order valence-corrected chi connectivity index (χ2v) is 6.47. The molecule has 0 saturated carbocycles. The lowest BCUT2D eigenvalue weighted by Gasteiger charge is -2.09. The van der Waals surface area contributed by atoms with Crippen LogP contribution in [0, 0.1) is 0 Å². The molecule has 0 radical (unpaired) electrons. The van der Waals surface area contributed by atoms with Crippen LogP contribution in [-0.2, 0) is 9.53 Å². The summed E-state index contributed by atoms with van der Waals surface area (Å²) in [4.78, 5) is 24.8. The summed E-state index contributed by atoms with van der Waals surface area (Å²) in [6.07, 6.45) is 0. The molecule has 2 aromatic carbocycles. The Morgan fingerprint density at radius 2 is 1.67 bits per heavy atom. The van der Waals surface area contributed by atoms with E-state index in [1.54, 1.807) is 19.1 Å². The second kappa shape index (κ2) is 9.00. The molecule has 0 fully saturated rings. The van der Waals surface area contributed by atoms with Crippen molar-refractivity contribution in [2.24, 2.45) is 0 Å². The predicted octanol–water partition coefficient (Wildman–Crippen LogP) is 4.61. The van der Waals surface area contributed by atoms with Crippen LogP contribution in [0.5, 0.6) is 5.75 Å². The van der Waals surface area contributed by atoms with E-state index in [2.05, 4.69) is 5.32 Å². The third-order valence-corrected chi connectivity index (χ3v) is 4.62. The molecule has 1 amide bonds. The lowest BCUT2D eigenvalue weighted by atomic mass is 10.0. The van der Waals surface area contributed by atoms with Crippen LogP contribution in [-0.4, -0.2) is 25.1 Å². The molecular weight excluding hydrogens is 362 g/mol. The van der Waals surface area contributed by atoms with Crippen LogP contribution in [0.1, 0.15) is 17.3 Å². The van der Waals surface area contributed by atoms with Gasteiger partial charge in [-0.1, -0.05) is 48.5 Å². The van der Waals surface area contributed by atoms with Gasteiger partial charge in [-0.15, -0.1) is 11.3 Å². The Balaban J connectivity index is 1.79. The molecule has 27 heavy (non-hydrogen) atoms. The summed E-state index contributed by atoms with van der Waals surface area (Å²) in [5, 5.41) is 5.06. The number of benzene rings is 2. The molecule has 0 unspecified atom stereocenters. The molecule has 1 N–H and O–H groups in total. The van der Waals surface area contributed by atoms with E-state index in [4.69, 9.17) is 9.47 Å². The van der Waals surface area contributed by atoms with E-state index >= 15 is 0 Å². The van der Waals surface area contributed by atoms with Crippen molar-refractivity contribution in [1.82, 2.24) is 0 Å². The Morgan fingerprint density at radius 3 is 2.33 bits per heavy atom. The zero-order chi connectivity index (χ0) is 19.1. The number of carbonyl (C=O) groups is 2. The van der Waals surface area contributed by atoms with Crippen LogP contribution in [0.2, 0.25) is 0 Å². The van der Waals surface area contributed by atoms with E-state index in [-0.39, 0.29) is 19.1 Å². The normalized spacial score (nSPS) is 10.3. The average Bonchev–Trinajstić information content (AvgIpc) is 3.11. The molecule has 0 bridgehead atoms. The first kappa shape index (κ1) is 18.7. The van der Waals surface area contributed by atoms with Crippen molar-refractivity contribution in [3.05, 3.63) is 71.6 Å². The van der Waals surface area contributed by atoms with Gasteiger partial charge >= 0.3 is 5.97 Å². The molecule has 6 heteroatoms. The van der Waals surface area contributed by atoms with E-state index in [0.29, 0.717) is 16.3 Å². The van der Waals surface area contributed by atoms with E-state index in [1.165, 1.54) is 11.3 Å². The number of carbonyl (C=O) groups excluding carboxylic acids is 2. The van der Waals surface area contributed by atoms with Gasteiger partial charge in [-0.3, -0.25) is 4.79 Å². The van der Waals surface area contributed by atoms with Crippen molar-refractivity contribution >= 4 is 28.2 Å². The molecule has 3 aromatic rings. The molecule has 3 rings (SSSR count). The third-order valence-electron chi connectivity index (χ3n) is 3.72. The molecule has 0 spiro atoms. The maximum Gasteiger partial charge on any atom is 0.341 e. The number of hydrogen-bond donors (Lipinski definition) is 1. The van der Waals surface area contributed by atoms with Gasteiger partial charge in [0, 0.05) is 10.9 Å². The number of thiophene rings is 1. The minimum absolute atomic E-state index is 0.148. The van der Waals surface area contributed by atoms with Crippen molar-refractivity contribution in [2.45, 2.75) is 6.92 Å². The summed E-state index contributed by atoms with van der Waals surface area (Å²) in [5.41, 5.74) is 1.98. The lowest BCUT2D eigenvalue weighted by molar-refractivity contribution is -0.118. The first-order valence-electron chi connectivity index (χ1n) is 8.50. The summed E-state index contributed by atoms with van der Waals surface area (Å²) < 4.78 is 10.6. The smallest absolute Gasteiger partial charge is 0.341 e. The highest BCUT2D eigenvalue weighted by atomic mass is 32.1. The van der Waals surface area contributed by atoms with Crippen molar-refractivity contribution in [2.75, 3.05) is 18.5 Å². The van der Waals surface area contributed by atoms with Gasteiger partial charge in [0.2, 0.25) is 0 Å². The number of hydrogen-bond acceptors (Lipinski definition) is 5. The van der Waals surface area contributed by atoms with Crippen LogP contribution < -0.4 is 10.1 Å². The molecule has 138 valence electrons. The number of amides is 1. The Morgan fingerprint density at radius 1 is 1.00 bits per heavy atom. The number of nitrogens with one attached hydrogen (secondary N) is 1. The molecular formula is C21H19NO4S. The molecule has 1 aromatic heterocycles. The van der Waals surface area contributed by atoms with Crippen molar-refractivity contribution < 1.29 is 19.1 Å². The molecule has 0 atom stereocenters. The minimum atomic E-state index is -0.461. The highest BCUT2D eigenvalue weighted by Gasteiger charge is 2.22. The van der Waals surface area contributed by atoms with Crippen LogP contribution in [0.25, 0.3) is 11.1 Å². The molecule has 0 aliphatic heterocycles. The summed E-state index contributed by atoms with van der Waals surface area (Å²) in [7, 11) is 0. The SMILES string of the molecule is CCOC(=O)c1c(-c2ccccc2)csc1NC(=O)COc1ccccc1. The van der Waals surface area contributed by atoms with Gasteiger partial charge in [0.25, 0.3) is 5.91 Å². The van der Waals surface area contributed by atoms with Crippen LogP contribution in [0.3, 0.4) is 0 Å². The van der Waals surface area contributed by atoms with Crippen molar-refractivity contribution in [1.29, 1.82) is 0 Å². The fourth-order valence-corrected chi connectivity index (χ4v) is 3.49. The predicted molar refractivity (Wildman–Crippen MR) is 106 cm³/mol. The monoisotopic (exact) mass is 381 g/mol. The van der Waals surface area contributed by atoms with E-state index in [1.807, 2.05) is 53.9 Å². The van der Waals surface area contributed by atoms with Crippen LogP contribution in [0.15, 0.2) is 66.0 Å². The topological polar surface area (TPSA) is 64.6 Å². The molecule has 5 nitrogen and oxygen atoms in total. The zero-order valence-electron chi connectivity index (χ0n) is 14.8.